The maximum absolute atomic E-state index is 12.7. The fraction of sp³-hybridized carbons (Fsp3) is 0.400. The summed E-state index contributed by atoms with van der Waals surface area (Å²) < 4.78 is 0. The largest absolute Gasteiger partial charge is 0.481 e. The third-order valence-corrected chi connectivity index (χ3v) is 5.09. The van der Waals surface area contributed by atoms with Gasteiger partial charge in [0.2, 0.25) is 5.91 Å². The topological polar surface area (TPSA) is 57.6 Å². The summed E-state index contributed by atoms with van der Waals surface area (Å²) in [6, 6.07) is 14.4. The average Bonchev–Trinajstić information content (AvgIpc) is 2.61. The molecule has 0 bridgehead atoms. The van der Waals surface area contributed by atoms with Crippen LogP contribution >= 0.6 is 0 Å². The Labute approximate surface area is 142 Å². The average molecular weight is 325 g/mol. The van der Waals surface area contributed by atoms with Crippen LogP contribution in [-0.4, -0.2) is 28.9 Å². The molecule has 0 atom stereocenters. The first-order valence-corrected chi connectivity index (χ1v) is 8.50. The molecule has 0 heterocycles. The molecule has 1 N–H and O–H groups in total. The minimum atomic E-state index is -0.731. The van der Waals surface area contributed by atoms with Crippen LogP contribution in [0.25, 0.3) is 10.8 Å². The van der Waals surface area contributed by atoms with Crippen LogP contribution < -0.4 is 0 Å². The molecule has 0 aromatic heterocycles. The van der Waals surface area contributed by atoms with Crippen LogP contribution in [0.3, 0.4) is 0 Å². The number of fused-ring (bicyclic) bond motifs is 1. The van der Waals surface area contributed by atoms with E-state index >= 15 is 0 Å². The molecule has 0 unspecified atom stereocenters. The Kier molecular flexibility index (Phi) is 4.84. The molecule has 1 aliphatic rings. The summed E-state index contributed by atoms with van der Waals surface area (Å²) in [5.74, 6) is -0.921. The number of nitrogens with zero attached hydrogens (tertiary/aromatic N) is 1. The Balaban J connectivity index is 1.67. The van der Waals surface area contributed by atoms with Crippen molar-refractivity contribution in [3.8, 4) is 0 Å². The van der Waals surface area contributed by atoms with Gasteiger partial charge in [-0.2, -0.15) is 0 Å². The molecule has 1 amide bonds. The van der Waals surface area contributed by atoms with E-state index in [1.807, 2.05) is 25.2 Å². The van der Waals surface area contributed by atoms with Crippen molar-refractivity contribution in [1.29, 1.82) is 0 Å². The Morgan fingerprint density at radius 2 is 1.62 bits per heavy atom. The first kappa shape index (κ1) is 16.5. The summed E-state index contributed by atoms with van der Waals surface area (Å²) in [5.41, 5.74) is 1.14. The van der Waals surface area contributed by atoms with Crippen molar-refractivity contribution >= 4 is 22.6 Å². The van der Waals surface area contributed by atoms with Gasteiger partial charge in [0.25, 0.3) is 0 Å². The number of carboxylic acid groups (broad SMARTS) is 1. The summed E-state index contributed by atoms with van der Waals surface area (Å²) in [6.45, 7) is 0.582. The fourth-order valence-corrected chi connectivity index (χ4v) is 3.66. The predicted molar refractivity (Wildman–Crippen MR) is 93.5 cm³/mol. The third kappa shape index (κ3) is 3.42. The Hall–Kier alpha value is -2.36. The zero-order valence-electron chi connectivity index (χ0n) is 13.9. The highest BCUT2D eigenvalue weighted by molar-refractivity contribution is 5.86. The van der Waals surface area contributed by atoms with Crippen molar-refractivity contribution < 1.29 is 14.7 Å². The first-order chi connectivity index (χ1) is 11.6. The van der Waals surface area contributed by atoms with Crippen LogP contribution in [0.1, 0.15) is 31.2 Å². The van der Waals surface area contributed by atoms with Crippen LogP contribution in [0.2, 0.25) is 0 Å². The number of rotatable bonds is 4. The molecular formula is C20H23NO3. The highest BCUT2D eigenvalue weighted by atomic mass is 16.4. The van der Waals surface area contributed by atoms with Crippen LogP contribution in [0.4, 0.5) is 0 Å². The van der Waals surface area contributed by atoms with Crippen molar-refractivity contribution in [2.45, 2.75) is 32.2 Å². The van der Waals surface area contributed by atoms with E-state index in [4.69, 9.17) is 5.11 Å². The molecule has 0 radical (unpaired) electrons. The fourth-order valence-electron chi connectivity index (χ4n) is 3.66. The molecule has 24 heavy (non-hydrogen) atoms. The predicted octanol–water partition coefficient (Wildman–Crippen LogP) is 3.69. The van der Waals surface area contributed by atoms with Crippen LogP contribution in [0.5, 0.6) is 0 Å². The van der Waals surface area contributed by atoms with Gasteiger partial charge in [-0.1, -0.05) is 42.5 Å². The van der Waals surface area contributed by atoms with Gasteiger partial charge >= 0.3 is 5.97 Å². The SMILES string of the molecule is CN(Cc1cccc2ccccc12)C(=O)C1CCC(C(=O)O)CC1. The molecule has 1 fully saturated rings. The third-order valence-electron chi connectivity index (χ3n) is 5.09. The Bertz CT molecular complexity index is 742. The summed E-state index contributed by atoms with van der Waals surface area (Å²) in [4.78, 5) is 25.5. The van der Waals surface area contributed by atoms with Gasteiger partial charge in [0.15, 0.2) is 0 Å². The Morgan fingerprint density at radius 1 is 1.00 bits per heavy atom. The van der Waals surface area contributed by atoms with Gasteiger partial charge in [-0.05, 0) is 42.0 Å². The van der Waals surface area contributed by atoms with E-state index in [0.717, 1.165) is 5.56 Å². The standard InChI is InChI=1S/C20H23NO3/c1-21(19(22)15-9-11-16(12-10-15)20(23)24)13-17-7-4-6-14-5-2-3-8-18(14)17/h2-8,15-16H,9-13H2,1H3,(H,23,24). The normalized spacial score (nSPS) is 20.7. The number of carboxylic acids is 1. The molecular weight excluding hydrogens is 302 g/mol. The zero-order valence-corrected chi connectivity index (χ0v) is 13.9. The molecule has 2 aromatic carbocycles. The first-order valence-electron chi connectivity index (χ1n) is 8.50. The van der Waals surface area contributed by atoms with Crippen molar-refractivity contribution in [2.75, 3.05) is 7.05 Å². The van der Waals surface area contributed by atoms with Crippen molar-refractivity contribution in [2.24, 2.45) is 11.8 Å². The monoisotopic (exact) mass is 325 g/mol. The van der Waals surface area contributed by atoms with Gasteiger partial charge in [-0.3, -0.25) is 9.59 Å². The van der Waals surface area contributed by atoms with Gasteiger partial charge in [0.05, 0.1) is 5.92 Å². The maximum atomic E-state index is 12.7. The molecule has 3 rings (SSSR count). The number of hydrogen-bond donors (Lipinski definition) is 1. The van der Waals surface area contributed by atoms with Crippen molar-refractivity contribution in [3.63, 3.8) is 0 Å². The maximum Gasteiger partial charge on any atom is 0.306 e. The highest BCUT2D eigenvalue weighted by Crippen LogP contribution is 2.30. The second-order valence-electron chi connectivity index (χ2n) is 6.72. The summed E-state index contributed by atoms with van der Waals surface area (Å²) in [5, 5.41) is 11.4. The second-order valence-corrected chi connectivity index (χ2v) is 6.72. The van der Waals surface area contributed by atoms with Crippen LogP contribution in [0, 0.1) is 11.8 Å². The smallest absolute Gasteiger partial charge is 0.306 e. The van der Waals surface area contributed by atoms with Crippen LogP contribution in [0.15, 0.2) is 42.5 Å². The molecule has 1 saturated carbocycles. The van der Waals surface area contributed by atoms with Gasteiger partial charge in [0, 0.05) is 19.5 Å². The molecule has 4 heteroatoms. The molecule has 0 saturated heterocycles. The number of benzene rings is 2. The second kappa shape index (κ2) is 7.04. The van der Waals surface area contributed by atoms with E-state index in [9.17, 15) is 9.59 Å². The van der Waals surface area contributed by atoms with Gasteiger partial charge in [-0.25, -0.2) is 0 Å². The van der Waals surface area contributed by atoms with E-state index in [-0.39, 0.29) is 17.7 Å². The molecule has 0 aliphatic heterocycles. The zero-order chi connectivity index (χ0) is 17.1. The molecule has 2 aromatic rings. The number of carbonyl (C=O) groups excluding carboxylic acids is 1. The van der Waals surface area contributed by atoms with E-state index in [1.54, 1.807) is 4.90 Å². The van der Waals surface area contributed by atoms with Gasteiger partial charge < -0.3 is 10.0 Å². The lowest BCUT2D eigenvalue weighted by Crippen LogP contribution is -2.35. The summed E-state index contributed by atoms with van der Waals surface area (Å²) in [6.07, 6.45) is 2.56. The minimum Gasteiger partial charge on any atom is -0.481 e. The Morgan fingerprint density at radius 3 is 2.33 bits per heavy atom. The lowest BCUT2D eigenvalue weighted by molar-refractivity contribution is -0.145. The lowest BCUT2D eigenvalue weighted by Gasteiger charge is -2.29. The van der Waals surface area contributed by atoms with E-state index in [2.05, 4.69) is 24.3 Å². The van der Waals surface area contributed by atoms with E-state index in [1.165, 1.54) is 10.8 Å². The number of carbonyl (C=O) groups is 2. The molecule has 0 spiro atoms. The summed E-state index contributed by atoms with van der Waals surface area (Å²) >= 11 is 0. The van der Waals surface area contributed by atoms with E-state index < -0.39 is 5.97 Å². The molecule has 126 valence electrons. The quantitative estimate of drug-likeness (QED) is 0.932. The highest BCUT2D eigenvalue weighted by Gasteiger charge is 2.31. The molecule has 4 nitrogen and oxygen atoms in total. The summed E-state index contributed by atoms with van der Waals surface area (Å²) in [7, 11) is 1.84. The van der Waals surface area contributed by atoms with Crippen LogP contribution in [-0.2, 0) is 16.1 Å². The van der Waals surface area contributed by atoms with Crippen molar-refractivity contribution in [1.82, 2.24) is 4.90 Å². The number of amides is 1. The van der Waals surface area contributed by atoms with Gasteiger partial charge in [0.1, 0.15) is 0 Å². The van der Waals surface area contributed by atoms with E-state index in [0.29, 0.717) is 32.2 Å². The molecule has 1 aliphatic carbocycles. The number of hydrogen-bond acceptors (Lipinski definition) is 2. The lowest BCUT2D eigenvalue weighted by atomic mass is 9.81. The van der Waals surface area contributed by atoms with Gasteiger partial charge in [-0.15, -0.1) is 0 Å². The minimum absolute atomic E-state index is 0.0411. The number of aliphatic carboxylic acids is 1. The van der Waals surface area contributed by atoms with Crippen molar-refractivity contribution in [3.05, 3.63) is 48.0 Å².